The van der Waals surface area contributed by atoms with Crippen molar-refractivity contribution in [1.82, 2.24) is 19.5 Å². The summed E-state index contributed by atoms with van der Waals surface area (Å²) >= 11 is 6.68. The number of aryl methyl sites for hydroxylation is 1. The molecule has 0 saturated heterocycles. The van der Waals surface area contributed by atoms with Crippen LogP contribution in [0.4, 0.5) is 0 Å². The Balaban J connectivity index is 2.11. The highest BCUT2D eigenvalue weighted by molar-refractivity contribution is 7.91. The van der Waals surface area contributed by atoms with E-state index in [4.69, 9.17) is 11.6 Å². The van der Waals surface area contributed by atoms with Crippen LogP contribution in [0.15, 0.2) is 22.7 Å². The first-order valence-corrected chi connectivity index (χ1v) is 8.19. The van der Waals surface area contributed by atoms with E-state index in [0.29, 0.717) is 12.2 Å². The van der Waals surface area contributed by atoms with Gasteiger partial charge in [-0.25, -0.2) is 18.1 Å². The van der Waals surface area contributed by atoms with Gasteiger partial charge in [0.2, 0.25) is 0 Å². The molecular weight excluding hydrogens is 308 g/mol. The van der Waals surface area contributed by atoms with Crippen molar-refractivity contribution in [2.75, 3.05) is 0 Å². The van der Waals surface area contributed by atoms with Crippen LogP contribution in [-0.2, 0) is 16.6 Å². The second kappa shape index (κ2) is 5.58. The van der Waals surface area contributed by atoms with Gasteiger partial charge in [-0.1, -0.05) is 22.9 Å². The Morgan fingerprint density at radius 3 is 2.84 bits per heavy atom. The van der Waals surface area contributed by atoms with Crippen LogP contribution >= 0.6 is 22.9 Å². The highest BCUT2D eigenvalue weighted by atomic mass is 35.5. The van der Waals surface area contributed by atoms with Crippen LogP contribution in [-0.4, -0.2) is 29.2 Å². The molecule has 0 amide bonds. The van der Waals surface area contributed by atoms with Crippen molar-refractivity contribution < 1.29 is 8.42 Å². The molecule has 104 valence electrons. The smallest absolute Gasteiger partial charge is 0.252 e. The van der Waals surface area contributed by atoms with Gasteiger partial charge in [-0.2, -0.15) is 5.10 Å². The molecule has 19 heavy (non-hydrogen) atoms. The third kappa shape index (κ3) is 3.53. The van der Waals surface area contributed by atoms with Gasteiger partial charge in [0, 0.05) is 18.4 Å². The molecule has 2 rings (SSSR count). The second-order valence-corrected chi connectivity index (χ2v) is 7.58. The van der Waals surface area contributed by atoms with Crippen molar-refractivity contribution in [3.05, 3.63) is 28.6 Å². The number of hydrogen-bond donors (Lipinski definition) is 1. The molecule has 0 saturated carbocycles. The summed E-state index contributed by atoms with van der Waals surface area (Å²) in [6.07, 6.45) is 3.42. The Morgan fingerprint density at radius 2 is 2.32 bits per heavy atom. The van der Waals surface area contributed by atoms with Crippen molar-refractivity contribution in [3.63, 3.8) is 0 Å². The van der Waals surface area contributed by atoms with Crippen molar-refractivity contribution in [2.24, 2.45) is 0 Å². The van der Waals surface area contributed by atoms with E-state index in [-0.39, 0.29) is 14.7 Å². The molecule has 2 aromatic heterocycles. The largest absolute Gasteiger partial charge is 0.271 e. The lowest BCUT2D eigenvalue weighted by Crippen LogP contribution is -2.35. The average molecular weight is 321 g/mol. The topological polar surface area (TPSA) is 76.9 Å². The van der Waals surface area contributed by atoms with Crippen LogP contribution < -0.4 is 4.72 Å². The monoisotopic (exact) mass is 320 g/mol. The maximum absolute atomic E-state index is 12.2. The number of hydrogen-bond acceptors (Lipinski definition) is 5. The van der Waals surface area contributed by atoms with Gasteiger partial charge in [0.05, 0.1) is 12.2 Å². The standard InChI is InChI=1S/C10H13ClN4O2S2/c1-7(6-15-5-3-4-12-15)14-19(16,17)9-8(2)13-10(11)18-9/h3-5,7,14H,6H2,1-2H3. The predicted molar refractivity (Wildman–Crippen MR) is 73.9 cm³/mol. The molecule has 0 aliphatic carbocycles. The summed E-state index contributed by atoms with van der Waals surface area (Å²) in [6.45, 7) is 3.85. The number of sulfonamides is 1. The number of thiazole rings is 1. The second-order valence-electron chi connectivity index (χ2n) is 4.09. The molecule has 0 aromatic carbocycles. The summed E-state index contributed by atoms with van der Waals surface area (Å²) < 4.78 is 29.0. The summed E-state index contributed by atoms with van der Waals surface area (Å²) in [5.41, 5.74) is 0.411. The van der Waals surface area contributed by atoms with E-state index in [1.165, 1.54) is 0 Å². The zero-order chi connectivity index (χ0) is 14.0. The fourth-order valence-electron chi connectivity index (χ4n) is 1.64. The minimum Gasteiger partial charge on any atom is -0.271 e. The summed E-state index contributed by atoms with van der Waals surface area (Å²) in [5.74, 6) is 0. The summed E-state index contributed by atoms with van der Waals surface area (Å²) in [5, 5.41) is 4.03. The van der Waals surface area contributed by atoms with Gasteiger partial charge >= 0.3 is 0 Å². The van der Waals surface area contributed by atoms with Gasteiger partial charge in [-0.15, -0.1) is 0 Å². The zero-order valence-electron chi connectivity index (χ0n) is 10.4. The van der Waals surface area contributed by atoms with Gasteiger partial charge in [-0.3, -0.25) is 4.68 Å². The number of nitrogens with one attached hydrogen (secondary N) is 1. The van der Waals surface area contributed by atoms with E-state index in [0.717, 1.165) is 11.3 Å². The normalized spacial score (nSPS) is 13.6. The quantitative estimate of drug-likeness (QED) is 0.909. The summed E-state index contributed by atoms with van der Waals surface area (Å²) in [4.78, 5) is 3.91. The molecule has 6 nitrogen and oxygen atoms in total. The third-order valence-corrected chi connectivity index (χ3v) is 5.81. The minimum atomic E-state index is -3.59. The molecule has 0 aliphatic rings. The fraction of sp³-hybridized carbons (Fsp3) is 0.400. The fourth-order valence-corrected chi connectivity index (χ4v) is 4.63. The van der Waals surface area contributed by atoms with Crippen molar-refractivity contribution in [2.45, 2.75) is 30.6 Å². The average Bonchev–Trinajstić information content (AvgIpc) is 2.87. The third-order valence-electron chi connectivity index (χ3n) is 2.35. The molecule has 1 unspecified atom stereocenters. The van der Waals surface area contributed by atoms with Crippen LogP contribution in [0.3, 0.4) is 0 Å². The lowest BCUT2D eigenvalue weighted by atomic mass is 10.4. The van der Waals surface area contributed by atoms with Gasteiger partial charge in [0.25, 0.3) is 10.0 Å². The van der Waals surface area contributed by atoms with E-state index < -0.39 is 10.0 Å². The molecule has 1 N–H and O–H groups in total. The van der Waals surface area contributed by atoms with Crippen molar-refractivity contribution in [1.29, 1.82) is 0 Å². The predicted octanol–water partition coefficient (Wildman–Crippen LogP) is 1.67. The number of rotatable bonds is 5. The van der Waals surface area contributed by atoms with Crippen LogP contribution in [0.25, 0.3) is 0 Å². The maximum atomic E-state index is 12.2. The molecular formula is C10H13ClN4O2S2. The first kappa shape index (κ1) is 14.4. The van der Waals surface area contributed by atoms with Gasteiger partial charge in [0.15, 0.2) is 8.68 Å². The van der Waals surface area contributed by atoms with Crippen LogP contribution in [0.5, 0.6) is 0 Å². The molecule has 0 spiro atoms. The summed E-state index contributed by atoms with van der Waals surface area (Å²) in [6, 6.07) is 1.50. The SMILES string of the molecule is Cc1nc(Cl)sc1S(=O)(=O)NC(C)Cn1cccn1. The maximum Gasteiger partial charge on any atom is 0.252 e. The molecule has 9 heteroatoms. The van der Waals surface area contributed by atoms with Crippen LogP contribution in [0.2, 0.25) is 4.47 Å². The van der Waals surface area contributed by atoms with Crippen molar-refractivity contribution >= 4 is 33.0 Å². The molecule has 0 aliphatic heterocycles. The molecule has 0 bridgehead atoms. The van der Waals surface area contributed by atoms with Crippen molar-refractivity contribution in [3.8, 4) is 0 Å². The molecule has 2 heterocycles. The Labute approximate surface area is 120 Å². The number of halogens is 1. The van der Waals surface area contributed by atoms with E-state index >= 15 is 0 Å². The van der Waals surface area contributed by atoms with E-state index in [9.17, 15) is 8.42 Å². The Morgan fingerprint density at radius 1 is 1.58 bits per heavy atom. The zero-order valence-corrected chi connectivity index (χ0v) is 12.8. The van der Waals surface area contributed by atoms with Crippen LogP contribution in [0, 0.1) is 6.92 Å². The molecule has 1 atom stereocenters. The first-order chi connectivity index (χ1) is 8.88. The lowest BCUT2D eigenvalue weighted by Gasteiger charge is -2.13. The van der Waals surface area contributed by atoms with Crippen LogP contribution in [0.1, 0.15) is 12.6 Å². The minimum absolute atomic E-state index is 0.157. The first-order valence-electron chi connectivity index (χ1n) is 5.51. The number of aromatic nitrogens is 3. The van der Waals surface area contributed by atoms with E-state index in [2.05, 4.69) is 14.8 Å². The molecule has 0 radical (unpaired) electrons. The molecule has 0 fully saturated rings. The number of nitrogens with zero attached hydrogens (tertiary/aromatic N) is 3. The van der Waals surface area contributed by atoms with E-state index in [1.54, 1.807) is 37.0 Å². The Hall–Kier alpha value is -0.960. The van der Waals surface area contributed by atoms with Gasteiger partial charge in [-0.05, 0) is 19.9 Å². The highest BCUT2D eigenvalue weighted by Gasteiger charge is 2.23. The molecule has 2 aromatic rings. The Bertz CT molecular complexity index is 651. The highest BCUT2D eigenvalue weighted by Crippen LogP contribution is 2.26. The lowest BCUT2D eigenvalue weighted by molar-refractivity contribution is 0.494. The van der Waals surface area contributed by atoms with Gasteiger partial charge < -0.3 is 0 Å². The Kier molecular flexibility index (Phi) is 4.24. The van der Waals surface area contributed by atoms with E-state index in [1.807, 2.05) is 0 Å². The summed E-state index contributed by atoms with van der Waals surface area (Å²) in [7, 11) is -3.59. The van der Waals surface area contributed by atoms with Gasteiger partial charge in [0.1, 0.15) is 0 Å².